The SMILES string of the molecule is CC1(OCc2cc(C(F)(F)F)cc(C(F)(F)F)c2)CCCNC1c1ccccc1. The third kappa shape index (κ3) is 5.11. The molecule has 1 fully saturated rings. The van der Waals surface area contributed by atoms with Crippen LogP contribution in [0.15, 0.2) is 48.5 Å². The Morgan fingerprint density at radius 3 is 2.10 bits per heavy atom. The van der Waals surface area contributed by atoms with Crippen LogP contribution >= 0.6 is 0 Å². The summed E-state index contributed by atoms with van der Waals surface area (Å²) in [5.74, 6) is 0. The Hall–Kier alpha value is -2.06. The summed E-state index contributed by atoms with van der Waals surface area (Å²) in [6, 6.07) is 10.8. The predicted molar refractivity (Wildman–Crippen MR) is 96.1 cm³/mol. The summed E-state index contributed by atoms with van der Waals surface area (Å²) in [6.45, 7) is 2.23. The Morgan fingerprint density at radius 1 is 0.966 bits per heavy atom. The molecule has 2 atom stereocenters. The number of hydrogen-bond donors (Lipinski definition) is 1. The van der Waals surface area contributed by atoms with Crippen molar-refractivity contribution in [2.75, 3.05) is 6.54 Å². The monoisotopic (exact) mass is 417 g/mol. The minimum absolute atomic E-state index is 0.125. The quantitative estimate of drug-likeness (QED) is 0.605. The van der Waals surface area contributed by atoms with Crippen LogP contribution in [0.5, 0.6) is 0 Å². The Kier molecular flexibility index (Phi) is 5.96. The van der Waals surface area contributed by atoms with Crippen LogP contribution in [0.3, 0.4) is 0 Å². The number of piperidine rings is 1. The summed E-state index contributed by atoms with van der Waals surface area (Å²) in [4.78, 5) is 0. The van der Waals surface area contributed by atoms with Crippen molar-refractivity contribution in [1.29, 1.82) is 0 Å². The molecule has 1 aliphatic heterocycles. The molecule has 1 heterocycles. The molecule has 2 nitrogen and oxygen atoms in total. The zero-order valence-electron chi connectivity index (χ0n) is 15.7. The highest BCUT2D eigenvalue weighted by Gasteiger charge is 2.40. The van der Waals surface area contributed by atoms with Gasteiger partial charge in [-0.25, -0.2) is 0 Å². The highest BCUT2D eigenvalue weighted by Crippen LogP contribution is 2.39. The zero-order chi connectivity index (χ0) is 21.3. The van der Waals surface area contributed by atoms with Crippen LogP contribution < -0.4 is 5.32 Å². The van der Waals surface area contributed by atoms with E-state index < -0.39 is 29.1 Å². The molecule has 29 heavy (non-hydrogen) atoms. The summed E-state index contributed by atoms with van der Waals surface area (Å²) < 4.78 is 84.4. The second-order valence-electron chi connectivity index (χ2n) is 7.42. The smallest absolute Gasteiger partial charge is 0.369 e. The van der Waals surface area contributed by atoms with Gasteiger partial charge in [-0.05, 0) is 55.6 Å². The molecule has 1 N–H and O–H groups in total. The first-order valence-corrected chi connectivity index (χ1v) is 9.20. The third-order valence-electron chi connectivity index (χ3n) is 5.16. The van der Waals surface area contributed by atoms with Crippen molar-refractivity contribution in [3.05, 3.63) is 70.8 Å². The van der Waals surface area contributed by atoms with Gasteiger partial charge in [-0.15, -0.1) is 0 Å². The van der Waals surface area contributed by atoms with Crippen molar-refractivity contribution < 1.29 is 31.1 Å². The molecule has 0 amide bonds. The number of alkyl halides is 6. The van der Waals surface area contributed by atoms with E-state index in [9.17, 15) is 26.3 Å². The lowest BCUT2D eigenvalue weighted by molar-refractivity contribution is -0.143. The molecule has 0 aliphatic carbocycles. The summed E-state index contributed by atoms with van der Waals surface area (Å²) in [7, 11) is 0. The zero-order valence-corrected chi connectivity index (χ0v) is 15.7. The Bertz CT molecular complexity index is 801. The molecule has 1 saturated heterocycles. The van der Waals surface area contributed by atoms with E-state index in [0.29, 0.717) is 18.6 Å². The summed E-state index contributed by atoms with van der Waals surface area (Å²) >= 11 is 0. The summed E-state index contributed by atoms with van der Waals surface area (Å²) in [5.41, 5.74) is -2.65. The highest BCUT2D eigenvalue weighted by atomic mass is 19.4. The van der Waals surface area contributed by atoms with Gasteiger partial charge >= 0.3 is 12.4 Å². The fourth-order valence-corrected chi connectivity index (χ4v) is 3.67. The molecule has 8 heteroatoms. The van der Waals surface area contributed by atoms with E-state index in [0.717, 1.165) is 18.5 Å². The van der Waals surface area contributed by atoms with Crippen LogP contribution in [0.25, 0.3) is 0 Å². The average molecular weight is 417 g/mol. The lowest BCUT2D eigenvalue weighted by atomic mass is 9.83. The average Bonchev–Trinajstić information content (AvgIpc) is 2.66. The van der Waals surface area contributed by atoms with Crippen molar-refractivity contribution >= 4 is 0 Å². The van der Waals surface area contributed by atoms with Crippen molar-refractivity contribution in [2.45, 2.75) is 50.4 Å². The van der Waals surface area contributed by atoms with Crippen molar-refractivity contribution in [1.82, 2.24) is 5.32 Å². The first-order valence-electron chi connectivity index (χ1n) is 9.20. The lowest BCUT2D eigenvalue weighted by Crippen LogP contribution is -2.48. The number of ether oxygens (including phenoxy) is 1. The van der Waals surface area contributed by atoms with Gasteiger partial charge in [0.2, 0.25) is 0 Å². The van der Waals surface area contributed by atoms with E-state index in [1.807, 2.05) is 37.3 Å². The van der Waals surface area contributed by atoms with Gasteiger partial charge in [0.05, 0.1) is 29.4 Å². The molecule has 3 rings (SSSR count). The first-order chi connectivity index (χ1) is 13.5. The van der Waals surface area contributed by atoms with E-state index >= 15 is 0 Å². The van der Waals surface area contributed by atoms with Crippen LogP contribution in [0.2, 0.25) is 0 Å². The van der Waals surface area contributed by atoms with Crippen molar-refractivity contribution in [3.8, 4) is 0 Å². The minimum atomic E-state index is -4.88. The Morgan fingerprint density at radius 2 is 1.55 bits per heavy atom. The molecule has 2 aromatic rings. The van der Waals surface area contributed by atoms with Crippen LogP contribution in [0, 0.1) is 0 Å². The van der Waals surface area contributed by atoms with Crippen LogP contribution in [0.4, 0.5) is 26.3 Å². The van der Waals surface area contributed by atoms with E-state index in [-0.39, 0.29) is 24.3 Å². The van der Waals surface area contributed by atoms with Crippen LogP contribution in [0.1, 0.15) is 48.1 Å². The fourth-order valence-electron chi connectivity index (χ4n) is 3.67. The van der Waals surface area contributed by atoms with E-state index in [4.69, 9.17) is 4.74 Å². The van der Waals surface area contributed by atoms with Gasteiger partial charge < -0.3 is 10.1 Å². The molecular formula is C21H21F6NO. The molecular weight excluding hydrogens is 396 g/mol. The molecule has 2 unspecified atom stereocenters. The number of halogens is 6. The normalized spacial score (nSPS) is 23.2. The number of rotatable bonds is 4. The molecule has 2 aromatic carbocycles. The highest BCUT2D eigenvalue weighted by molar-refractivity contribution is 5.33. The maximum atomic E-state index is 13.1. The Labute approximate surface area is 164 Å². The molecule has 0 saturated carbocycles. The molecule has 0 radical (unpaired) electrons. The maximum absolute atomic E-state index is 13.1. The van der Waals surface area contributed by atoms with E-state index in [2.05, 4.69) is 5.32 Å². The van der Waals surface area contributed by atoms with Gasteiger partial charge in [0.1, 0.15) is 0 Å². The second-order valence-corrected chi connectivity index (χ2v) is 7.42. The van der Waals surface area contributed by atoms with E-state index in [1.54, 1.807) is 0 Å². The standard InChI is InChI=1S/C21H21F6NO/c1-19(8-5-9-28-18(19)15-6-3-2-4-7-15)29-13-14-10-16(20(22,23)24)12-17(11-14)21(25,26)27/h2-4,6-7,10-12,18,28H,5,8-9,13H2,1H3. The first kappa shape index (κ1) is 21.6. The summed E-state index contributed by atoms with van der Waals surface area (Å²) in [6.07, 6.45) is -8.33. The maximum Gasteiger partial charge on any atom is 0.416 e. The van der Waals surface area contributed by atoms with Gasteiger partial charge in [0, 0.05) is 0 Å². The minimum Gasteiger partial charge on any atom is -0.369 e. The second kappa shape index (κ2) is 7.99. The molecule has 0 bridgehead atoms. The van der Waals surface area contributed by atoms with Crippen molar-refractivity contribution in [2.24, 2.45) is 0 Å². The van der Waals surface area contributed by atoms with Gasteiger partial charge in [-0.1, -0.05) is 30.3 Å². The molecule has 0 aromatic heterocycles. The molecule has 158 valence electrons. The predicted octanol–water partition coefficient (Wildman–Crippen LogP) is 6.12. The largest absolute Gasteiger partial charge is 0.416 e. The number of benzene rings is 2. The van der Waals surface area contributed by atoms with Gasteiger partial charge in [-0.2, -0.15) is 26.3 Å². The van der Waals surface area contributed by atoms with Crippen LogP contribution in [-0.2, 0) is 23.7 Å². The third-order valence-corrected chi connectivity index (χ3v) is 5.16. The van der Waals surface area contributed by atoms with Crippen molar-refractivity contribution in [3.63, 3.8) is 0 Å². The van der Waals surface area contributed by atoms with Gasteiger partial charge in [0.15, 0.2) is 0 Å². The topological polar surface area (TPSA) is 21.3 Å². The summed E-state index contributed by atoms with van der Waals surface area (Å²) in [5, 5.41) is 3.35. The molecule has 0 spiro atoms. The van der Waals surface area contributed by atoms with E-state index in [1.165, 1.54) is 0 Å². The molecule has 1 aliphatic rings. The number of hydrogen-bond acceptors (Lipinski definition) is 2. The van der Waals surface area contributed by atoms with Crippen LogP contribution in [-0.4, -0.2) is 12.1 Å². The number of nitrogens with one attached hydrogen (secondary N) is 1. The lowest BCUT2D eigenvalue weighted by Gasteiger charge is -2.42. The fraction of sp³-hybridized carbons (Fsp3) is 0.429. The van der Waals surface area contributed by atoms with Gasteiger partial charge in [-0.3, -0.25) is 0 Å². The van der Waals surface area contributed by atoms with Gasteiger partial charge in [0.25, 0.3) is 0 Å². The Balaban J connectivity index is 1.87.